The van der Waals surface area contributed by atoms with Gasteiger partial charge in [-0.05, 0) is 59.5 Å². The molecular weight excluding hydrogens is 428 g/mol. The molecule has 0 N–H and O–H groups in total. The Bertz CT molecular complexity index is 1170. The molecule has 0 aliphatic rings. The van der Waals surface area contributed by atoms with Crippen LogP contribution in [0.5, 0.6) is 5.75 Å². The van der Waals surface area contributed by atoms with Crippen molar-refractivity contribution in [3.05, 3.63) is 106 Å². The van der Waals surface area contributed by atoms with Crippen molar-refractivity contribution in [1.29, 1.82) is 0 Å². The van der Waals surface area contributed by atoms with Crippen LogP contribution in [0, 0.1) is 6.92 Å². The Balaban J connectivity index is 1.35. The Labute approximate surface area is 190 Å². The van der Waals surface area contributed by atoms with Crippen LogP contribution in [0.25, 0.3) is 0 Å². The average Bonchev–Trinajstić information content (AvgIpc) is 3.25. The first-order chi connectivity index (χ1) is 15.2. The van der Waals surface area contributed by atoms with Crippen LogP contribution in [-0.2, 0) is 12.4 Å². The Morgan fingerprint density at radius 1 is 1.00 bits per heavy atom. The van der Waals surface area contributed by atoms with Crippen molar-refractivity contribution in [3.63, 3.8) is 0 Å². The second kappa shape index (κ2) is 10.3. The van der Waals surface area contributed by atoms with Gasteiger partial charge in [0.2, 0.25) is 5.16 Å². The van der Waals surface area contributed by atoms with Crippen molar-refractivity contribution in [1.82, 2.24) is 14.9 Å². The maximum absolute atomic E-state index is 6.23. The summed E-state index contributed by atoms with van der Waals surface area (Å²) in [6.45, 7) is 2.64. The summed E-state index contributed by atoms with van der Waals surface area (Å²) in [5, 5.41) is 14.0. The Kier molecular flexibility index (Phi) is 7.02. The smallest absolute Gasteiger partial charge is 0.212 e. The van der Waals surface area contributed by atoms with E-state index < -0.39 is 0 Å². The van der Waals surface area contributed by atoms with Crippen LogP contribution in [0.2, 0.25) is 5.02 Å². The fraction of sp³-hybridized carbons (Fsp3) is 0.125. The summed E-state index contributed by atoms with van der Waals surface area (Å²) >= 11 is 7.76. The third kappa shape index (κ3) is 5.75. The highest BCUT2D eigenvalue weighted by Crippen LogP contribution is 2.25. The lowest BCUT2D eigenvalue weighted by Gasteiger charge is -2.08. The molecule has 0 radical (unpaired) electrons. The maximum Gasteiger partial charge on any atom is 0.212 e. The van der Waals surface area contributed by atoms with Crippen LogP contribution in [-0.4, -0.2) is 21.1 Å². The van der Waals surface area contributed by atoms with Crippen molar-refractivity contribution < 1.29 is 4.74 Å². The van der Waals surface area contributed by atoms with Crippen molar-refractivity contribution in [3.8, 4) is 5.75 Å². The first-order valence-electron chi connectivity index (χ1n) is 9.77. The molecule has 0 amide bonds. The Morgan fingerprint density at radius 3 is 2.52 bits per heavy atom. The SMILES string of the molecule is Cc1ccccc1COc1ccc(/C=N/n2cnnc2SCc2ccccc2Cl)cc1. The number of halogens is 1. The van der Waals surface area contributed by atoms with Crippen LogP contribution in [0.3, 0.4) is 0 Å². The molecule has 31 heavy (non-hydrogen) atoms. The van der Waals surface area contributed by atoms with E-state index in [1.165, 1.54) is 22.9 Å². The number of aromatic nitrogens is 3. The van der Waals surface area contributed by atoms with Crippen molar-refractivity contribution in [2.24, 2.45) is 5.10 Å². The molecule has 3 aromatic carbocycles. The molecule has 0 unspecified atom stereocenters. The molecule has 4 rings (SSSR count). The minimum Gasteiger partial charge on any atom is -0.489 e. The predicted octanol–water partition coefficient (Wildman–Crippen LogP) is 5.99. The number of hydrogen-bond acceptors (Lipinski definition) is 5. The lowest BCUT2D eigenvalue weighted by Crippen LogP contribution is -1.97. The van der Waals surface area contributed by atoms with Gasteiger partial charge in [-0.1, -0.05) is 65.8 Å². The van der Waals surface area contributed by atoms with E-state index in [0.29, 0.717) is 17.5 Å². The van der Waals surface area contributed by atoms with Crippen molar-refractivity contribution in [2.45, 2.75) is 24.4 Å². The third-order valence-electron chi connectivity index (χ3n) is 4.68. The van der Waals surface area contributed by atoms with E-state index in [0.717, 1.165) is 21.9 Å². The summed E-state index contributed by atoms with van der Waals surface area (Å²) in [7, 11) is 0. The van der Waals surface area contributed by atoms with E-state index in [-0.39, 0.29) is 0 Å². The quantitative estimate of drug-likeness (QED) is 0.245. The van der Waals surface area contributed by atoms with Gasteiger partial charge in [-0.2, -0.15) is 9.78 Å². The average molecular weight is 449 g/mol. The van der Waals surface area contributed by atoms with Crippen LogP contribution < -0.4 is 4.74 Å². The second-order valence-electron chi connectivity index (χ2n) is 6.87. The molecule has 5 nitrogen and oxygen atoms in total. The van der Waals surface area contributed by atoms with Crippen LogP contribution in [0.4, 0.5) is 0 Å². The minimum atomic E-state index is 0.548. The minimum absolute atomic E-state index is 0.548. The molecule has 0 aliphatic heterocycles. The first-order valence-corrected chi connectivity index (χ1v) is 11.1. The molecular formula is C24H21ClN4OS. The number of benzene rings is 3. The van der Waals surface area contributed by atoms with E-state index in [4.69, 9.17) is 16.3 Å². The number of thioether (sulfide) groups is 1. The molecule has 0 saturated heterocycles. The number of aryl methyl sites for hydroxylation is 1. The topological polar surface area (TPSA) is 52.3 Å². The van der Waals surface area contributed by atoms with Crippen LogP contribution in [0.15, 0.2) is 89.4 Å². The normalized spacial score (nSPS) is 11.2. The van der Waals surface area contributed by atoms with Gasteiger partial charge in [-0.25, -0.2) is 0 Å². The zero-order valence-corrected chi connectivity index (χ0v) is 18.6. The molecule has 0 atom stereocenters. The van der Waals surface area contributed by atoms with E-state index in [2.05, 4.69) is 34.4 Å². The van der Waals surface area contributed by atoms with Gasteiger partial charge in [-0.15, -0.1) is 10.2 Å². The first kappa shape index (κ1) is 21.2. The van der Waals surface area contributed by atoms with Crippen molar-refractivity contribution in [2.75, 3.05) is 0 Å². The number of nitrogens with zero attached hydrogens (tertiary/aromatic N) is 4. The van der Waals surface area contributed by atoms with Gasteiger partial charge in [0, 0.05) is 10.8 Å². The standard InChI is InChI=1S/C24H21ClN4OS/c1-18-6-2-3-7-20(18)15-30-22-12-10-19(11-13-22)14-27-29-17-26-28-24(29)31-16-21-8-4-5-9-23(21)25/h2-14,17H,15-16H2,1H3/b27-14+. The van der Waals surface area contributed by atoms with Gasteiger partial charge in [0.1, 0.15) is 18.7 Å². The molecule has 0 aliphatic carbocycles. The van der Waals surface area contributed by atoms with Crippen molar-refractivity contribution >= 4 is 29.6 Å². The van der Waals surface area contributed by atoms with Crippen LogP contribution in [0.1, 0.15) is 22.3 Å². The number of ether oxygens (including phenoxy) is 1. The van der Waals surface area contributed by atoms with E-state index in [9.17, 15) is 0 Å². The number of hydrogen-bond donors (Lipinski definition) is 0. The summed E-state index contributed by atoms with van der Waals surface area (Å²) in [6, 6.07) is 23.8. The predicted molar refractivity (Wildman–Crippen MR) is 126 cm³/mol. The van der Waals surface area contributed by atoms with Gasteiger partial charge in [-0.3, -0.25) is 0 Å². The molecule has 1 aromatic heterocycles. The molecule has 1 heterocycles. The molecule has 0 bridgehead atoms. The Hall–Kier alpha value is -3.09. The summed E-state index contributed by atoms with van der Waals surface area (Å²) in [4.78, 5) is 0. The third-order valence-corrected chi connectivity index (χ3v) is 6.03. The fourth-order valence-corrected chi connectivity index (χ4v) is 4.01. The molecule has 0 spiro atoms. The summed E-state index contributed by atoms with van der Waals surface area (Å²) in [5.74, 6) is 1.52. The van der Waals surface area contributed by atoms with Crippen LogP contribution >= 0.6 is 23.4 Å². The highest BCUT2D eigenvalue weighted by Gasteiger charge is 2.06. The zero-order chi connectivity index (χ0) is 21.5. The fourth-order valence-electron chi connectivity index (χ4n) is 2.86. The second-order valence-corrected chi connectivity index (χ2v) is 8.22. The monoisotopic (exact) mass is 448 g/mol. The summed E-state index contributed by atoms with van der Waals surface area (Å²) < 4.78 is 7.55. The molecule has 4 aromatic rings. The highest BCUT2D eigenvalue weighted by atomic mass is 35.5. The van der Waals surface area contributed by atoms with E-state index in [1.807, 2.05) is 60.7 Å². The Morgan fingerprint density at radius 2 is 1.74 bits per heavy atom. The lowest BCUT2D eigenvalue weighted by molar-refractivity contribution is 0.305. The van der Waals surface area contributed by atoms with E-state index in [1.54, 1.807) is 17.2 Å². The maximum atomic E-state index is 6.23. The van der Waals surface area contributed by atoms with Gasteiger partial charge in [0.25, 0.3) is 0 Å². The molecule has 0 saturated carbocycles. The van der Waals surface area contributed by atoms with Gasteiger partial charge >= 0.3 is 0 Å². The molecule has 7 heteroatoms. The summed E-state index contributed by atoms with van der Waals surface area (Å²) in [5.41, 5.74) is 4.42. The van der Waals surface area contributed by atoms with Gasteiger partial charge in [0.15, 0.2) is 0 Å². The lowest BCUT2D eigenvalue weighted by atomic mass is 10.1. The van der Waals surface area contributed by atoms with E-state index >= 15 is 0 Å². The molecule has 0 fully saturated rings. The molecule has 156 valence electrons. The highest BCUT2D eigenvalue weighted by molar-refractivity contribution is 7.98. The number of rotatable bonds is 8. The largest absolute Gasteiger partial charge is 0.489 e. The summed E-state index contributed by atoms with van der Waals surface area (Å²) in [6.07, 6.45) is 3.36. The van der Waals surface area contributed by atoms with Gasteiger partial charge < -0.3 is 4.74 Å². The zero-order valence-electron chi connectivity index (χ0n) is 17.0. The van der Waals surface area contributed by atoms with Gasteiger partial charge in [0.05, 0.1) is 6.21 Å².